The lowest BCUT2D eigenvalue weighted by Crippen LogP contribution is -2.16. The molecule has 1 aromatic heterocycles. The van der Waals surface area contributed by atoms with Crippen molar-refractivity contribution in [3.8, 4) is 5.75 Å². The van der Waals surface area contributed by atoms with E-state index >= 15 is 0 Å². The molecule has 1 atom stereocenters. The zero-order valence-corrected chi connectivity index (χ0v) is 10.8. The summed E-state index contributed by atoms with van der Waals surface area (Å²) in [7, 11) is 1.63. The lowest BCUT2D eigenvalue weighted by Gasteiger charge is -2.17. The van der Waals surface area contributed by atoms with Crippen LogP contribution in [0, 0.1) is 0 Å². The Hall–Kier alpha value is -1.65. The molecule has 0 aliphatic rings. The third-order valence-electron chi connectivity index (χ3n) is 2.76. The molecule has 18 heavy (non-hydrogen) atoms. The molecule has 5 heteroatoms. The van der Waals surface area contributed by atoms with E-state index in [0.717, 1.165) is 17.0 Å². The quantitative estimate of drug-likeness (QED) is 0.919. The molecular formula is C13H14ClN3O. The first kappa shape index (κ1) is 12.8. The highest BCUT2D eigenvalue weighted by Gasteiger charge is 2.18. The summed E-state index contributed by atoms with van der Waals surface area (Å²) >= 11 is 6.03. The summed E-state index contributed by atoms with van der Waals surface area (Å²) in [6.07, 6.45) is 3.21. The van der Waals surface area contributed by atoms with E-state index in [1.807, 2.05) is 18.2 Å². The highest BCUT2D eigenvalue weighted by molar-refractivity contribution is 6.30. The highest BCUT2D eigenvalue weighted by atomic mass is 35.5. The Balaban J connectivity index is 2.48. The number of aromatic nitrogens is 2. The molecule has 1 unspecified atom stereocenters. The molecule has 0 fully saturated rings. The number of hydrogen-bond acceptors (Lipinski definition) is 4. The number of rotatable bonds is 4. The van der Waals surface area contributed by atoms with Crippen molar-refractivity contribution in [2.75, 3.05) is 13.7 Å². The van der Waals surface area contributed by atoms with Crippen LogP contribution in [-0.4, -0.2) is 23.6 Å². The number of halogens is 1. The van der Waals surface area contributed by atoms with Crippen molar-refractivity contribution in [1.82, 2.24) is 9.97 Å². The summed E-state index contributed by atoms with van der Waals surface area (Å²) in [4.78, 5) is 8.15. The third-order valence-corrected chi connectivity index (χ3v) is 3.00. The average Bonchev–Trinajstić information content (AvgIpc) is 2.41. The molecule has 4 nitrogen and oxygen atoms in total. The fourth-order valence-electron chi connectivity index (χ4n) is 1.89. The van der Waals surface area contributed by atoms with Crippen molar-refractivity contribution < 1.29 is 4.74 Å². The Morgan fingerprint density at radius 3 is 2.83 bits per heavy atom. The van der Waals surface area contributed by atoms with Crippen LogP contribution in [0.2, 0.25) is 5.02 Å². The Morgan fingerprint density at radius 1 is 1.39 bits per heavy atom. The van der Waals surface area contributed by atoms with Crippen LogP contribution in [0.4, 0.5) is 0 Å². The molecule has 0 aliphatic carbocycles. The van der Waals surface area contributed by atoms with E-state index in [9.17, 15) is 0 Å². The molecule has 0 bridgehead atoms. The molecule has 2 aromatic rings. The zero-order valence-electron chi connectivity index (χ0n) is 10.0. The van der Waals surface area contributed by atoms with Gasteiger partial charge in [-0.1, -0.05) is 11.6 Å². The van der Waals surface area contributed by atoms with Gasteiger partial charge in [0.2, 0.25) is 0 Å². The lowest BCUT2D eigenvalue weighted by atomic mass is 9.94. The van der Waals surface area contributed by atoms with Crippen LogP contribution < -0.4 is 10.5 Å². The molecule has 0 radical (unpaired) electrons. The third kappa shape index (κ3) is 2.60. The summed E-state index contributed by atoms with van der Waals surface area (Å²) in [6, 6.07) is 7.33. The molecule has 0 aliphatic heterocycles. The molecule has 1 aromatic carbocycles. The number of nitrogens with two attached hydrogens (primary N) is 1. The standard InChI is InChI=1S/C13H14ClN3O/c1-18-13-3-2-9(14)6-10(13)11(7-15)12-4-5-16-8-17-12/h2-6,8,11H,7,15H2,1H3. The molecule has 94 valence electrons. The van der Waals surface area contributed by atoms with Gasteiger partial charge in [0, 0.05) is 29.2 Å². The van der Waals surface area contributed by atoms with E-state index in [1.165, 1.54) is 6.33 Å². The fourth-order valence-corrected chi connectivity index (χ4v) is 2.07. The van der Waals surface area contributed by atoms with Crippen LogP contribution in [-0.2, 0) is 0 Å². The Labute approximate surface area is 111 Å². The minimum Gasteiger partial charge on any atom is -0.496 e. The number of nitrogens with zero attached hydrogens (tertiary/aromatic N) is 2. The van der Waals surface area contributed by atoms with Gasteiger partial charge >= 0.3 is 0 Å². The number of benzene rings is 1. The highest BCUT2D eigenvalue weighted by Crippen LogP contribution is 2.32. The Morgan fingerprint density at radius 2 is 2.22 bits per heavy atom. The first-order chi connectivity index (χ1) is 8.76. The summed E-state index contributed by atoms with van der Waals surface area (Å²) < 4.78 is 5.35. The van der Waals surface area contributed by atoms with E-state index in [-0.39, 0.29) is 5.92 Å². The molecule has 2 rings (SSSR count). The van der Waals surface area contributed by atoms with Crippen molar-refractivity contribution in [2.24, 2.45) is 5.73 Å². The zero-order chi connectivity index (χ0) is 13.0. The smallest absolute Gasteiger partial charge is 0.122 e. The first-order valence-electron chi connectivity index (χ1n) is 5.55. The van der Waals surface area contributed by atoms with Crippen molar-refractivity contribution in [1.29, 1.82) is 0 Å². The number of methoxy groups -OCH3 is 1. The summed E-state index contributed by atoms with van der Waals surface area (Å²) in [6.45, 7) is 0.424. The van der Waals surface area contributed by atoms with Crippen molar-refractivity contribution >= 4 is 11.6 Å². The van der Waals surface area contributed by atoms with Crippen LogP contribution in [0.25, 0.3) is 0 Å². The molecule has 0 saturated heterocycles. The van der Waals surface area contributed by atoms with Crippen molar-refractivity contribution in [2.45, 2.75) is 5.92 Å². The van der Waals surface area contributed by atoms with Crippen LogP contribution >= 0.6 is 11.6 Å². The van der Waals surface area contributed by atoms with Crippen LogP contribution in [0.1, 0.15) is 17.2 Å². The van der Waals surface area contributed by atoms with Crippen LogP contribution in [0.5, 0.6) is 5.75 Å². The van der Waals surface area contributed by atoms with Gasteiger partial charge in [-0.05, 0) is 24.3 Å². The first-order valence-corrected chi connectivity index (χ1v) is 5.93. The summed E-state index contributed by atoms with van der Waals surface area (Å²) in [5.74, 6) is 0.704. The van der Waals surface area contributed by atoms with Gasteiger partial charge in [-0.2, -0.15) is 0 Å². The Bertz CT molecular complexity index is 519. The van der Waals surface area contributed by atoms with Gasteiger partial charge in [0.1, 0.15) is 12.1 Å². The minimum atomic E-state index is -0.0540. The van der Waals surface area contributed by atoms with Gasteiger partial charge in [0.25, 0.3) is 0 Å². The van der Waals surface area contributed by atoms with Gasteiger partial charge in [0.05, 0.1) is 12.8 Å². The largest absolute Gasteiger partial charge is 0.496 e. The minimum absolute atomic E-state index is 0.0540. The summed E-state index contributed by atoms with van der Waals surface area (Å²) in [5, 5.41) is 0.651. The second-order valence-electron chi connectivity index (χ2n) is 3.81. The molecule has 1 heterocycles. The topological polar surface area (TPSA) is 61.0 Å². The van der Waals surface area contributed by atoms with Gasteiger partial charge in [-0.3, -0.25) is 0 Å². The normalized spacial score (nSPS) is 12.2. The van der Waals surface area contributed by atoms with Crippen molar-refractivity contribution in [3.05, 3.63) is 53.1 Å². The number of hydrogen-bond donors (Lipinski definition) is 1. The molecule has 0 amide bonds. The maximum Gasteiger partial charge on any atom is 0.122 e. The lowest BCUT2D eigenvalue weighted by molar-refractivity contribution is 0.407. The van der Waals surface area contributed by atoms with Crippen molar-refractivity contribution in [3.63, 3.8) is 0 Å². The number of ether oxygens (including phenoxy) is 1. The maximum atomic E-state index is 6.03. The predicted octanol–water partition coefficient (Wildman–Crippen LogP) is 2.23. The maximum absolute atomic E-state index is 6.03. The second-order valence-corrected chi connectivity index (χ2v) is 4.25. The average molecular weight is 264 g/mol. The fraction of sp³-hybridized carbons (Fsp3) is 0.231. The van der Waals surface area contributed by atoms with E-state index in [1.54, 1.807) is 19.4 Å². The molecule has 0 saturated carbocycles. The second kappa shape index (κ2) is 5.80. The van der Waals surface area contributed by atoms with Gasteiger partial charge in [0.15, 0.2) is 0 Å². The Kier molecular flexibility index (Phi) is 4.12. The van der Waals surface area contributed by atoms with Gasteiger partial charge in [-0.25, -0.2) is 9.97 Å². The van der Waals surface area contributed by atoms with E-state index in [4.69, 9.17) is 22.1 Å². The van der Waals surface area contributed by atoms with Gasteiger partial charge < -0.3 is 10.5 Å². The van der Waals surface area contributed by atoms with E-state index in [0.29, 0.717) is 11.6 Å². The van der Waals surface area contributed by atoms with Crippen LogP contribution in [0.15, 0.2) is 36.8 Å². The van der Waals surface area contributed by atoms with E-state index < -0.39 is 0 Å². The van der Waals surface area contributed by atoms with E-state index in [2.05, 4.69) is 9.97 Å². The van der Waals surface area contributed by atoms with Gasteiger partial charge in [-0.15, -0.1) is 0 Å². The van der Waals surface area contributed by atoms with Crippen LogP contribution in [0.3, 0.4) is 0 Å². The predicted molar refractivity (Wildman–Crippen MR) is 70.9 cm³/mol. The monoisotopic (exact) mass is 263 g/mol. The SMILES string of the molecule is COc1ccc(Cl)cc1C(CN)c1ccncn1. The summed E-state index contributed by atoms with van der Waals surface area (Å²) in [5.41, 5.74) is 7.64. The molecular weight excluding hydrogens is 250 g/mol. The molecule has 0 spiro atoms. The molecule has 2 N–H and O–H groups in total.